The Morgan fingerprint density at radius 1 is 1.45 bits per heavy atom. The smallest absolute Gasteiger partial charge is 0.330 e. The van der Waals surface area contributed by atoms with Gasteiger partial charge in [0.05, 0.1) is 18.9 Å². The second-order valence-electron chi connectivity index (χ2n) is 4.41. The average Bonchev–Trinajstić information content (AvgIpc) is 2.37. The zero-order valence-electron chi connectivity index (χ0n) is 11.5. The minimum atomic E-state index is -1.04. The maximum Gasteiger partial charge on any atom is 0.330 e. The molecule has 0 amide bonds. The van der Waals surface area contributed by atoms with Crippen molar-refractivity contribution in [1.29, 1.82) is 0 Å². The molecule has 0 aliphatic carbocycles. The number of aliphatic hydroxyl groups excluding tert-OH is 1. The molecule has 0 radical (unpaired) electrons. The van der Waals surface area contributed by atoms with Gasteiger partial charge in [0, 0.05) is 12.2 Å². The van der Waals surface area contributed by atoms with Crippen LogP contribution in [-0.4, -0.2) is 38.9 Å². The highest BCUT2D eigenvalue weighted by Crippen LogP contribution is 2.17. The Kier molecular flexibility index (Phi) is 6.97. The molecular formula is C12H19FN2O4S. The average molecular weight is 306 g/mol. The fourth-order valence-electron chi connectivity index (χ4n) is 1.61. The number of ether oxygens (including phenoxy) is 1. The summed E-state index contributed by atoms with van der Waals surface area (Å²) in [6.45, 7) is 3.69. The summed E-state index contributed by atoms with van der Waals surface area (Å²) >= 11 is 1.51. The molecule has 114 valence electrons. The van der Waals surface area contributed by atoms with E-state index in [4.69, 9.17) is 9.84 Å². The Hall–Kier alpha value is -1.12. The van der Waals surface area contributed by atoms with Crippen LogP contribution in [0.15, 0.2) is 15.8 Å². The molecular weight excluding hydrogens is 287 g/mol. The molecule has 0 fully saturated rings. The van der Waals surface area contributed by atoms with Gasteiger partial charge in [-0.15, -0.1) is 0 Å². The van der Waals surface area contributed by atoms with Crippen LogP contribution in [0.2, 0.25) is 0 Å². The first kappa shape index (κ1) is 16.9. The zero-order chi connectivity index (χ0) is 15.1. The molecule has 1 unspecified atom stereocenters. The monoisotopic (exact) mass is 306 g/mol. The van der Waals surface area contributed by atoms with Gasteiger partial charge in [0.1, 0.15) is 6.23 Å². The van der Waals surface area contributed by atoms with Gasteiger partial charge in [-0.25, -0.2) is 4.79 Å². The number of rotatable bonds is 8. The summed E-state index contributed by atoms with van der Waals surface area (Å²) in [7, 11) is 0. The lowest BCUT2D eigenvalue weighted by Gasteiger charge is -2.22. The summed E-state index contributed by atoms with van der Waals surface area (Å²) in [5, 5.41) is 8.71. The van der Waals surface area contributed by atoms with Gasteiger partial charge in [-0.2, -0.15) is 16.2 Å². The van der Waals surface area contributed by atoms with E-state index >= 15 is 0 Å². The van der Waals surface area contributed by atoms with Gasteiger partial charge >= 0.3 is 5.69 Å². The standard InChI is InChI=1S/C12H19FN2O4S/c1-8(2)19-10(3-5-20-6-4-16)15-7-9(13)11(17)14-12(15)18/h7-8,10,16H,3-6H2,1-2H3,(H,14,17,18). The van der Waals surface area contributed by atoms with Crippen LogP contribution in [0.3, 0.4) is 0 Å². The number of aromatic amines is 1. The molecule has 0 aliphatic heterocycles. The van der Waals surface area contributed by atoms with Gasteiger partial charge < -0.3 is 9.84 Å². The fraction of sp³-hybridized carbons (Fsp3) is 0.667. The lowest BCUT2D eigenvalue weighted by atomic mass is 10.4. The van der Waals surface area contributed by atoms with E-state index < -0.39 is 23.3 Å². The fourth-order valence-corrected chi connectivity index (χ4v) is 2.31. The molecule has 0 spiro atoms. The van der Waals surface area contributed by atoms with Gasteiger partial charge in [-0.3, -0.25) is 14.3 Å². The van der Waals surface area contributed by atoms with Crippen molar-refractivity contribution in [3.8, 4) is 0 Å². The molecule has 1 rings (SSSR count). The number of aliphatic hydroxyl groups is 1. The lowest BCUT2D eigenvalue weighted by molar-refractivity contribution is -0.0417. The summed E-state index contributed by atoms with van der Waals surface area (Å²) in [4.78, 5) is 24.6. The number of halogens is 1. The number of thioether (sulfide) groups is 1. The lowest BCUT2D eigenvalue weighted by Crippen LogP contribution is -2.35. The van der Waals surface area contributed by atoms with Crippen molar-refractivity contribution in [3.05, 3.63) is 32.9 Å². The van der Waals surface area contributed by atoms with Crippen molar-refractivity contribution in [2.75, 3.05) is 18.1 Å². The molecule has 1 atom stereocenters. The van der Waals surface area contributed by atoms with Crippen LogP contribution in [0.1, 0.15) is 26.5 Å². The summed E-state index contributed by atoms with van der Waals surface area (Å²) in [5.74, 6) is 0.207. The number of hydrogen-bond acceptors (Lipinski definition) is 5. The number of nitrogens with one attached hydrogen (secondary N) is 1. The predicted octanol–water partition coefficient (Wildman–Crippen LogP) is 0.715. The second kappa shape index (κ2) is 8.23. The minimum absolute atomic E-state index is 0.0770. The Balaban J connectivity index is 2.89. The van der Waals surface area contributed by atoms with Crippen LogP contribution >= 0.6 is 11.8 Å². The largest absolute Gasteiger partial charge is 0.396 e. The van der Waals surface area contributed by atoms with Crippen LogP contribution in [0.5, 0.6) is 0 Å². The van der Waals surface area contributed by atoms with E-state index in [2.05, 4.69) is 0 Å². The van der Waals surface area contributed by atoms with E-state index in [1.807, 2.05) is 4.98 Å². The number of aromatic nitrogens is 2. The van der Waals surface area contributed by atoms with Crippen molar-refractivity contribution in [3.63, 3.8) is 0 Å². The molecule has 0 saturated carbocycles. The van der Waals surface area contributed by atoms with E-state index in [0.717, 1.165) is 10.8 Å². The van der Waals surface area contributed by atoms with Gasteiger partial charge in [0.15, 0.2) is 0 Å². The molecule has 1 aromatic rings. The Bertz CT molecular complexity index is 529. The highest BCUT2D eigenvalue weighted by atomic mass is 32.2. The van der Waals surface area contributed by atoms with Crippen molar-refractivity contribution < 1.29 is 14.2 Å². The molecule has 0 bridgehead atoms. The van der Waals surface area contributed by atoms with Gasteiger partial charge in [0.25, 0.3) is 5.56 Å². The van der Waals surface area contributed by atoms with E-state index in [1.165, 1.54) is 11.8 Å². The van der Waals surface area contributed by atoms with E-state index in [1.54, 1.807) is 13.8 Å². The first-order valence-electron chi connectivity index (χ1n) is 6.30. The molecule has 8 heteroatoms. The van der Waals surface area contributed by atoms with Crippen molar-refractivity contribution in [2.45, 2.75) is 32.6 Å². The van der Waals surface area contributed by atoms with E-state index in [-0.39, 0.29) is 12.7 Å². The number of hydrogen-bond donors (Lipinski definition) is 2. The maximum absolute atomic E-state index is 13.3. The third-order valence-corrected chi connectivity index (χ3v) is 3.40. The maximum atomic E-state index is 13.3. The third-order valence-electron chi connectivity index (χ3n) is 2.41. The second-order valence-corrected chi connectivity index (χ2v) is 5.63. The molecule has 6 nitrogen and oxygen atoms in total. The van der Waals surface area contributed by atoms with Crippen LogP contribution < -0.4 is 11.2 Å². The van der Waals surface area contributed by atoms with E-state index in [0.29, 0.717) is 17.9 Å². The van der Waals surface area contributed by atoms with Gasteiger partial charge in [0.2, 0.25) is 5.82 Å². The Morgan fingerprint density at radius 3 is 2.75 bits per heavy atom. The summed E-state index contributed by atoms with van der Waals surface area (Å²) in [6.07, 6.45) is 0.531. The highest BCUT2D eigenvalue weighted by molar-refractivity contribution is 7.99. The van der Waals surface area contributed by atoms with Crippen LogP contribution in [0.25, 0.3) is 0 Å². The Morgan fingerprint density at radius 2 is 2.15 bits per heavy atom. The van der Waals surface area contributed by atoms with Crippen LogP contribution in [-0.2, 0) is 4.74 Å². The molecule has 2 N–H and O–H groups in total. The topological polar surface area (TPSA) is 84.3 Å². The van der Waals surface area contributed by atoms with Gasteiger partial charge in [-0.05, 0) is 19.6 Å². The summed E-state index contributed by atoms with van der Waals surface area (Å²) in [5.41, 5.74) is -1.74. The van der Waals surface area contributed by atoms with Crippen LogP contribution in [0.4, 0.5) is 4.39 Å². The zero-order valence-corrected chi connectivity index (χ0v) is 12.3. The van der Waals surface area contributed by atoms with E-state index in [9.17, 15) is 14.0 Å². The molecule has 0 aliphatic rings. The molecule has 20 heavy (non-hydrogen) atoms. The van der Waals surface area contributed by atoms with Gasteiger partial charge in [-0.1, -0.05) is 0 Å². The minimum Gasteiger partial charge on any atom is -0.396 e. The molecule has 0 saturated heterocycles. The SMILES string of the molecule is CC(C)OC(CCSCCO)n1cc(F)c(=O)[nH]c1=O. The summed E-state index contributed by atoms with van der Waals surface area (Å²) in [6, 6.07) is 0. The highest BCUT2D eigenvalue weighted by Gasteiger charge is 2.16. The molecule has 1 heterocycles. The molecule has 1 aromatic heterocycles. The Labute approximate surface area is 120 Å². The summed E-state index contributed by atoms with van der Waals surface area (Å²) < 4.78 is 19.9. The third kappa shape index (κ3) is 5.10. The van der Waals surface area contributed by atoms with Crippen LogP contribution in [0, 0.1) is 5.82 Å². The first-order chi connectivity index (χ1) is 9.45. The first-order valence-corrected chi connectivity index (χ1v) is 7.46. The van der Waals surface area contributed by atoms with Crippen molar-refractivity contribution >= 4 is 11.8 Å². The normalized spacial score (nSPS) is 12.8. The quantitative estimate of drug-likeness (QED) is 0.691. The molecule has 0 aromatic carbocycles. The number of nitrogens with zero attached hydrogens (tertiary/aromatic N) is 1. The van der Waals surface area contributed by atoms with Crippen molar-refractivity contribution in [1.82, 2.24) is 9.55 Å². The number of H-pyrrole nitrogens is 1. The predicted molar refractivity (Wildman–Crippen MR) is 75.6 cm³/mol. The van der Waals surface area contributed by atoms with Crippen molar-refractivity contribution in [2.24, 2.45) is 0 Å².